The van der Waals surface area contributed by atoms with E-state index in [-0.39, 0.29) is 24.7 Å². The monoisotopic (exact) mass is 343 g/mol. The molecule has 1 aliphatic heterocycles. The van der Waals surface area contributed by atoms with Crippen LogP contribution in [0.2, 0.25) is 0 Å². The van der Waals surface area contributed by atoms with Gasteiger partial charge in [-0.25, -0.2) is 4.79 Å². The van der Waals surface area contributed by atoms with Crippen molar-refractivity contribution < 1.29 is 28.7 Å². The minimum absolute atomic E-state index is 0.0747. The number of rotatable bonds is 10. The molecule has 0 saturated carbocycles. The second-order valence-electron chi connectivity index (χ2n) is 7.48. The molecular formula is C17H29NO6. The van der Waals surface area contributed by atoms with E-state index in [4.69, 9.17) is 14.3 Å². The highest BCUT2D eigenvalue weighted by molar-refractivity contribution is 6.01. The molecular weight excluding hydrogens is 314 g/mol. The maximum Gasteiger partial charge on any atom is 0.333 e. The van der Waals surface area contributed by atoms with E-state index in [2.05, 4.69) is 0 Å². The van der Waals surface area contributed by atoms with Crippen molar-refractivity contribution in [3.63, 3.8) is 0 Å². The van der Waals surface area contributed by atoms with Crippen LogP contribution in [0.1, 0.15) is 53.4 Å². The zero-order valence-electron chi connectivity index (χ0n) is 15.3. The van der Waals surface area contributed by atoms with Gasteiger partial charge in [-0.2, -0.15) is 0 Å². The molecule has 7 heteroatoms. The molecule has 0 spiro atoms. The smallest absolute Gasteiger partial charge is 0.333 e. The Labute approximate surface area is 143 Å². The molecule has 1 saturated heterocycles. The van der Waals surface area contributed by atoms with E-state index in [0.717, 1.165) is 0 Å². The van der Waals surface area contributed by atoms with E-state index in [1.54, 1.807) is 7.11 Å². The number of hydrogen-bond acceptors (Lipinski definition) is 6. The lowest BCUT2D eigenvalue weighted by atomic mass is 9.85. The van der Waals surface area contributed by atoms with Crippen molar-refractivity contribution in [3.05, 3.63) is 0 Å². The van der Waals surface area contributed by atoms with Crippen LogP contribution in [0.4, 0.5) is 0 Å². The molecule has 0 bridgehead atoms. The van der Waals surface area contributed by atoms with Gasteiger partial charge in [0.25, 0.3) is 11.8 Å². The summed E-state index contributed by atoms with van der Waals surface area (Å²) in [7, 11) is 1.65. The van der Waals surface area contributed by atoms with Crippen LogP contribution in [0.25, 0.3) is 0 Å². The fourth-order valence-electron chi connectivity index (χ4n) is 2.42. The van der Waals surface area contributed by atoms with Gasteiger partial charge in [-0.3, -0.25) is 9.59 Å². The van der Waals surface area contributed by atoms with E-state index < -0.39 is 23.2 Å². The maximum absolute atomic E-state index is 12.1. The molecule has 0 aromatic carbocycles. The molecule has 0 aromatic heterocycles. The zero-order valence-corrected chi connectivity index (χ0v) is 15.3. The van der Waals surface area contributed by atoms with Crippen molar-refractivity contribution in [1.29, 1.82) is 0 Å². The summed E-state index contributed by atoms with van der Waals surface area (Å²) in [5, 5.41) is 0.584. The Morgan fingerprint density at radius 3 is 2.17 bits per heavy atom. The largest absolute Gasteiger partial charge is 0.384 e. The van der Waals surface area contributed by atoms with Gasteiger partial charge in [0.05, 0.1) is 26.2 Å². The van der Waals surface area contributed by atoms with Gasteiger partial charge >= 0.3 is 5.97 Å². The van der Waals surface area contributed by atoms with Crippen molar-refractivity contribution >= 4 is 17.8 Å². The number of methoxy groups -OCH3 is 1. The van der Waals surface area contributed by atoms with Gasteiger partial charge in [-0.15, -0.1) is 5.06 Å². The lowest BCUT2D eigenvalue weighted by Crippen LogP contribution is -2.36. The van der Waals surface area contributed by atoms with Crippen LogP contribution in [-0.2, 0) is 28.7 Å². The highest BCUT2D eigenvalue weighted by atomic mass is 16.7. The first-order valence-electron chi connectivity index (χ1n) is 8.26. The van der Waals surface area contributed by atoms with Crippen molar-refractivity contribution in [2.45, 2.75) is 53.4 Å². The van der Waals surface area contributed by atoms with Crippen molar-refractivity contribution in [2.24, 2.45) is 10.8 Å². The Morgan fingerprint density at radius 1 is 1.08 bits per heavy atom. The molecule has 2 amide bonds. The van der Waals surface area contributed by atoms with Crippen LogP contribution in [0.15, 0.2) is 0 Å². The number of hydrogen-bond donors (Lipinski definition) is 0. The third kappa shape index (κ3) is 6.20. The van der Waals surface area contributed by atoms with E-state index in [1.165, 1.54) is 0 Å². The maximum atomic E-state index is 12.1. The molecule has 0 radical (unpaired) electrons. The first-order chi connectivity index (χ1) is 11.1. The molecule has 1 unspecified atom stereocenters. The highest BCUT2D eigenvalue weighted by Crippen LogP contribution is 2.28. The van der Waals surface area contributed by atoms with Gasteiger partial charge < -0.3 is 14.3 Å². The summed E-state index contributed by atoms with van der Waals surface area (Å²) in [5.41, 5.74) is -0.537. The van der Waals surface area contributed by atoms with E-state index in [9.17, 15) is 14.4 Å². The van der Waals surface area contributed by atoms with Gasteiger partial charge in [-0.05, 0) is 6.42 Å². The fourth-order valence-corrected chi connectivity index (χ4v) is 2.42. The Balaban J connectivity index is 2.50. The Bertz CT molecular complexity index is 460. The summed E-state index contributed by atoms with van der Waals surface area (Å²) in [6.45, 7) is 9.44. The van der Waals surface area contributed by atoms with Crippen LogP contribution >= 0.6 is 0 Å². The summed E-state index contributed by atoms with van der Waals surface area (Å²) in [5.74, 6) is -1.53. The van der Waals surface area contributed by atoms with Crippen LogP contribution in [0, 0.1) is 10.8 Å². The van der Waals surface area contributed by atoms with Crippen LogP contribution in [-0.4, -0.2) is 49.8 Å². The van der Waals surface area contributed by atoms with Crippen molar-refractivity contribution in [3.8, 4) is 0 Å². The molecule has 0 aromatic rings. The zero-order chi connectivity index (χ0) is 18.4. The Hall–Kier alpha value is -1.47. The molecule has 138 valence electrons. The highest BCUT2D eigenvalue weighted by Gasteiger charge is 2.35. The molecule has 1 aliphatic rings. The van der Waals surface area contributed by atoms with Gasteiger partial charge in [0, 0.05) is 30.8 Å². The number of amides is 2. The summed E-state index contributed by atoms with van der Waals surface area (Å²) < 4.78 is 10.9. The topological polar surface area (TPSA) is 82.1 Å². The Morgan fingerprint density at radius 2 is 1.67 bits per heavy atom. The molecule has 24 heavy (non-hydrogen) atoms. The molecule has 1 heterocycles. The SMILES string of the molecule is CCC(C)(COCC(C)(C)COC)CC(=O)ON1C(=O)CCC1=O. The summed E-state index contributed by atoms with van der Waals surface area (Å²) >= 11 is 0. The predicted octanol–water partition coefficient (Wildman–Crippen LogP) is 2.09. The van der Waals surface area contributed by atoms with E-state index in [0.29, 0.717) is 31.3 Å². The van der Waals surface area contributed by atoms with Gasteiger partial charge in [0.15, 0.2) is 0 Å². The van der Waals surface area contributed by atoms with Gasteiger partial charge in [0.2, 0.25) is 0 Å². The molecule has 1 fully saturated rings. The second kappa shape index (κ2) is 8.58. The van der Waals surface area contributed by atoms with Crippen LogP contribution < -0.4 is 0 Å². The predicted molar refractivity (Wildman–Crippen MR) is 86.7 cm³/mol. The number of carbonyl (C=O) groups is 3. The van der Waals surface area contributed by atoms with E-state index in [1.807, 2.05) is 27.7 Å². The minimum Gasteiger partial charge on any atom is -0.384 e. The summed E-state index contributed by atoms with van der Waals surface area (Å²) in [6, 6.07) is 0. The lowest BCUT2D eigenvalue weighted by Gasteiger charge is -2.30. The molecule has 7 nitrogen and oxygen atoms in total. The molecule has 0 N–H and O–H groups in total. The third-order valence-corrected chi connectivity index (χ3v) is 4.10. The third-order valence-electron chi connectivity index (χ3n) is 4.10. The summed E-state index contributed by atoms with van der Waals surface area (Å²) in [6.07, 6.45) is 0.962. The first-order valence-corrected chi connectivity index (χ1v) is 8.26. The Kier molecular flexibility index (Phi) is 7.35. The quantitative estimate of drug-likeness (QED) is 0.565. The molecule has 1 atom stereocenters. The molecule has 0 aliphatic carbocycles. The normalized spacial score (nSPS) is 18.0. The minimum atomic E-state index is -0.595. The summed E-state index contributed by atoms with van der Waals surface area (Å²) in [4.78, 5) is 40.0. The number of imide groups is 1. The number of carbonyl (C=O) groups excluding carboxylic acids is 3. The van der Waals surface area contributed by atoms with Crippen LogP contribution in [0.5, 0.6) is 0 Å². The second-order valence-corrected chi connectivity index (χ2v) is 7.48. The standard InChI is InChI=1S/C17H29NO6/c1-6-17(4,12-23-11-16(2,3)10-22-5)9-15(21)24-18-13(19)7-8-14(18)20/h6-12H2,1-5H3. The lowest BCUT2D eigenvalue weighted by molar-refractivity contribution is -0.199. The number of hydroxylamine groups is 2. The average Bonchev–Trinajstić information content (AvgIpc) is 2.78. The van der Waals surface area contributed by atoms with Crippen LogP contribution in [0.3, 0.4) is 0 Å². The van der Waals surface area contributed by atoms with Gasteiger partial charge in [-0.1, -0.05) is 27.7 Å². The van der Waals surface area contributed by atoms with Crippen molar-refractivity contribution in [2.75, 3.05) is 26.9 Å². The first kappa shape index (κ1) is 20.6. The van der Waals surface area contributed by atoms with Crippen molar-refractivity contribution in [1.82, 2.24) is 5.06 Å². The molecule has 1 rings (SSSR count). The van der Waals surface area contributed by atoms with E-state index >= 15 is 0 Å². The fraction of sp³-hybridized carbons (Fsp3) is 0.824. The average molecular weight is 343 g/mol. The number of nitrogens with zero attached hydrogens (tertiary/aromatic N) is 1. The van der Waals surface area contributed by atoms with Gasteiger partial charge in [0.1, 0.15) is 0 Å². The number of ether oxygens (including phenoxy) is 2.